The smallest absolute Gasteiger partial charge is 0.315 e. The van der Waals surface area contributed by atoms with Crippen LogP contribution in [0.3, 0.4) is 0 Å². The van der Waals surface area contributed by atoms with Gasteiger partial charge < -0.3 is 34.0 Å². The second kappa shape index (κ2) is 9.81. The van der Waals surface area contributed by atoms with Crippen LogP contribution >= 0.6 is 0 Å². The summed E-state index contributed by atoms with van der Waals surface area (Å²) in [6.07, 6.45) is 0.258. The molecule has 5 rings (SSSR count). The van der Waals surface area contributed by atoms with Crippen LogP contribution in [0.25, 0.3) is 0 Å². The first-order valence-electron chi connectivity index (χ1n) is 12.4. The Kier molecular flexibility index (Phi) is 6.64. The predicted molar refractivity (Wildman–Crippen MR) is 142 cm³/mol. The molecule has 2 N–H and O–H groups in total. The molecule has 4 atom stereocenters. The Hall–Kier alpha value is -4.24. The molecule has 0 radical (unpaired) electrons. The standard InChI is InChI=1S/C30H31NO8/c1-35-20-13-18-16-29(19-11-12-21(36-2)22(14-19)37-3)26(17-9-7-6-8-10-17)24(28(32)39-5)27(31-34)30(29,33)25(18)23(15-20)38-4/h6-15,24,26,33-34H,16H2,1-5H3. The fraction of sp³-hybridized carbons (Fsp3) is 0.333. The number of fused-ring (bicyclic) bond motifs is 3. The van der Waals surface area contributed by atoms with E-state index in [4.69, 9.17) is 23.7 Å². The second-order valence-corrected chi connectivity index (χ2v) is 9.67. The van der Waals surface area contributed by atoms with Crippen molar-refractivity contribution < 1.29 is 38.8 Å². The van der Waals surface area contributed by atoms with Crippen LogP contribution in [0.15, 0.2) is 65.8 Å². The summed E-state index contributed by atoms with van der Waals surface area (Å²) in [7, 11) is 7.40. The molecular weight excluding hydrogens is 502 g/mol. The summed E-state index contributed by atoms with van der Waals surface area (Å²) in [6.45, 7) is 0. The van der Waals surface area contributed by atoms with Crippen molar-refractivity contribution in [3.63, 3.8) is 0 Å². The summed E-state index contributed by atoms with van der Waals surface area (Å²) in [6, 6.07) is 18.3. The van der Waals surface area contributed by atoms with Gasteiger partial charge in [-0.2, -0.15) is 0 Å². The first-order chi connectivity index (χ1) is 18.9. The summed E-state index contributed by atoms with van der Waals surface area (Å²) < 4.78 is 27.6. The minimum atomic E-state index is -1.98. The minimum absolute atomic E-state index is 0.125. The van der Waals surface area contributed by atoms with Crippen LogP contribution in [0.2, 0.25) is 0 Å². The van der Waals surface area contributed by atoms with Gasteiger partial charge in [0.1, 0.15) is 28.7 Å². The normalized spacial score (nSPS) is 26.1. The maximum atomic E-state index is 13.5. The van der Waals surface area contributed by atoms with E-state index in [1.807, 2.05) is 42.5 Å². The van der Waals surface area contributed by atoms with Gasteiger partial charge in [-0.05, 0) is 41.3 Å². The molecule has 0 spiro atoms. The second-order valence-electron chi connectivity index (χ2n) is 9.67. The molecule has 2 aliphatic rings. The molecule has 2 aliphatic carbocycles. The van der Waals surface area contributed by atoms with E-state index in [9.17, 15) is 15.1 Å². The topological polar surface area (TPSA) is 116 Å². The van der Waals surface area contributed by atoms with Crippen LogP contribution in [0.1, 0.15) is 28.2 Å². The zero-order chi connectivity index (χ0) is 27.9. The SMILES string of the molecule is COC(=O)C1C(=NO)C2(O)c3c(cc(OC)cc3OC)CC2(c2ccc(OC)c(OC)c2)C1c1ccccc1. The highest BCUT2D eigenvalue weighted by atomic mass is 16.5. The van der Waals surface area contributed by atoms with Crippen molar-refractivity contribution in [1.29, 1.82) is 0 Å². The van der Waals surface area contributed by atoms with Crippen molar-refractivity contribution in [2.45, 2.75) is 23.4 Å². The fourth-order valence-electron chi connectivity index (χ4n) is 6.74. The van der Waals surface area contributed by atoms with Gasteiger partial charge in [0.15, 0.2) is 11.5 Å². The van der Waals surface area contributed by atoms with Crippen molar-refractivity contribution in [2.24, 2.45) is 11.1 Å². The van der Waals surface area contributed by atoms with Gasteiger partial charge in [0.2, 0.25) is 0 Å². The third-order valence-corrected chi connectivity index (χ3v) is 8.24. The van der Waals surface area contributed by atoms with Gasteiger partial charge in [-0.15, -0.1) is 0 Å². The highest BCUT2D eigenvalue weighted by molar-refractivity contribution is 6.13. The Morgan fingerprint density at radius 2 is 1.56 bits per heavy atom. The quantitative estimate of drug-likeness (QED) is 0.268. The summed E-state index contributed by atoms with van der Waals surface area (Å²) >= 11 is 0. The molecule has 0 amide bonds. The molecule has 1 saturated carbocycles. The Labute approximate surface area is 226 Å². The van der Waals surface area contributed by atoms with Crippen LogP contribution in [0.4, 0.5) is 0 Å². The van der Waals surface area contributed by atoms with Gasteiger partial charge in [-0.25, -0.2) is 0 Å². The summed E-state index contributed by atoms with van der Waals surface area (Å²) in [5.74, 6) is -0.613. The molecule has 3 aromatic carbocycles. The number of nitrogens with zero attached hydrogens (tertiary/aromatic N) is 1. The molecule has 0 bridgehead atoms. The van der Waals surface area contributed by atoms with Crippen molar-refractivity contribution in [2.75, 3.05) is 35.5 Å². The fourth-order valence-corrected chi connectivity index (χ4v) is 6.74. The lowest BCUT2D eigenvalue weighted by Crippen LogP contribution is -2.48. The van der Waals surface area contributed by atoms with Gasteiger partial charge in [0.05, 0.1) is 35.5 Å². The predicted octanol–water partition coefficient (Wildman–Crippen LogP) is 3.82. The molecule has 9 heteroatoms. The maximum Gasteiger partial charge on any atom is 0.315 e. The Morgan fingerprint density at radius 1 is 0.872 bits per heavy atom. The van der Waals surface area contributed by atoms with E-state index in [0.29, 0.717) is 34.1 Å². The maximum absolute atomic E-state index is 13.5. The zero-order valence-electron chi connectivity index (χ0n) is 22.4. The molecule has 9 nitrogen and oxygen atoms in total. The number of rotatable bonds is 7. The van der Waals surface area contributed by atoms with E-state index >= 15 is 0 Å². The first kappa shape index (κ1) is 26.4. The van der Waals surface area contributed by atoms with E-state index in [0.717, 1.165) is 11.1 Å². The molecule has 204 valence electrons. The molecule has 1 fully saturated rings. The van der Waals surface area contributed by atoms with E-state index in [2.05, 4.69) is 5.16 Å². The zero-order valence-corrected chi connectivity index (χ0v) is 22.4. The van der Waals surface area contributed by atoms with Gasteiger partial charge >= 0.3 is 5.97 Å². The van der Waals surface area contributed by atoms with Gasteiger partial charge in [-0.1, -0.05) is 41.6 Å². The Bertz CT molecular complexity index is 1440. The average molecular weight is 534 g/mol. The number of ether oxygens (including phenoxy) is 5. The number of esters is 1. The Balaban J connectivity index is 1.95. The lowest BCUT2D eigenvalue weighted by atomic mass is 9.62. The molecule has 3 aromatic rings. The highest BCUT2D eigenvalue weighted by Gasteiger charge is 2.75. The molecule has 4 unspecified atom stereocenters. The number of methoxy groups -OCH3 is 5. The number of carbonyl (C=O) groups excluding carboxylic acids is 1. The van der Waals surface area contributed by atoms with Gasteiger partial charge in [0, 0.05) is 23.0 Å². The number of oxime groups is 1. The third-order valence-electron chi connectivity index (χ3n) is 8.24. The molecular formula is C30H31NO8. The minimum Gasteiger partial charge on any atom is -0.497 e. The largest absolute Gasteiger partial charge is 0.497 e. The van der Waals surface area contributed by atoms with Crippen LogP contribution in [-0.2, 0) is 27.0 Å². The lowest BCUT2D eigenvalue weighted by Gasteiger charge is -2.42. The number of hydrogen-bond donors (Lipinski definition) is 2. The van der Waals surface area contributed by atoms with Crippen molar-refractivity contribution in [1.82, 2.24) is 0 Å². The summed E-state index contributed by atoms with van der Waals surface area (Å²) in [4.78, 5) is 13.5. The van der Waals surface area contributed by atoms with E-state index < -0.39 is 28.8 Å². The molecule has 0 aliphatic heterocycles. The van der Waals surface area contributed by atoms with E-state index in [1.54, 1.807) is 32.4 Å². The van der Waals surface area contributed by atoms with Crippen molar-refractivity contribution in [3.05, 3.63) is 82.9 Å². The van der Waals surface area contributed by atoms with Crippen molar-refractivity contribution >= 4 is 11.7 Å². The molecule has 0 saturated heterocycles. The summed E-state index contributed by atoms with van der Waals surface area (Å²) in [5.41, 5.74) is -0.807. The molecule has 0 aromatic heterocycles. The number of benzene rings is 3. The van der Waals surface area contributed by atoms with Crippen LogP contribution in [0.5, 0.6) is 23.0 Å². The van der Waals surface area contributed by atoms with Crippen LogP contribution < -0.4 is 18.9 Å². The third kappa shape index (κ3) is 3.49. The van der Waals surface area contributed by atoms with E-state index in [1.165, 1.54) is 21.3 Å². The Morgan fingerprint density at radius 3 is 2.15 bits per heavy atom. The lowest BCUT2D eigenvalue weighted by molar-refractivity contribution is -0.143. The highest BCUT2D eigenvalue weighted by Crippen LogP contribution is 2.69. The monoisotopic (exact) mass is 533 g/mol. The molecule has 39 heavy (non-hydrogen) atoms. The van der Waals surface area contributed by atoms with Crippen LogP contribution in [-0.4, -0.2) is 57.5 Å². The first-order valence-corrected chi connectivity index (χ1v) is 12.4. The number of aliphatic hydroxyl groups is 1. The molecule has 0 heterocycles. The number of carbonyl (C=O) groups is 1. The van der Waals surface area contributed by atoms with Gasteiger partial charge in [-0.3, -0.25) is 4.79 Å². The van der Waals surface area contributed by atoms with Crippen molar-refractivity contribution in [3.8, 4) is 23.0 Å². The number of hydrogen-bond acceptors (Lipinski definition) is 9. The van der Waals surface area contributed by atoms with E-state index in [-0.39, 0.29) is 12.1 Å². The average Bonchev–Trinajstić information content (AvgIpc) is 3.37. The van der Waals surface area contributed by atoms with Crippen LogP contribution in [0, 0.1) is 5.92 Å². The summed E-state index contributed by atoms with van der Waals surface area (Å²) in [5, 5.41) is 27.2. The van der Waals surface area contributed by atoms with Gasteiger partial charge in [0.25, 0.3) is 0 Å².